The zero-order valence-electron chi connectivity index (χ0n) is 27.4. The topological polar surface area (TPSA) is 104 Å². The fourth-order valence-corrected chi connectivity index (χ4v) is 7.14. The van der Waals surface area contributed by atoms with Crippen molar-refractivity contribution in [3.63, 3.8) is 0 Å². The van der Waals surface area contributed by atoms with E-state index in [1.807, 2.05) is 38.4 Å². The van der Waals surface area contributed by atoms with Crippen LogP contribution in [0.15, 0.2) is 95.9 Å². The van der Waals surface area contributed by atoms with Gasteiger partial charge in [-0.05, 0) is 105 Å². The van der Waals surface area contributed by atoms with E-state index in [9.17, 15) is 13.2 Å². The molecule has 1 fully saturated rings. The first-order valence-corrected chi connectivity index (χ1v) is 17.9. The molecule has 6 rings (SSSR count). The van der Waals surface area contributed by atoms with E-state index >= 15 is 0 Å². The first-order chi connectivity index (χ1) is 23.1. The lowest BCUT2D eigenvalue weighted by Gasteiger charge is -2.36. The Bertz CT molecular complexity index is 1990. The summed E-state index contributed by atoms with van der Waals surface area (Å²) in [6, 6.07) is 28.2. The number of anilines is 1. The molecular formula is C36H40ClN7O3S. The highest BCUT2D eigenvalue weighted by Gasteiger charge is 2.23. The van der Waals surface area contributed by atoms with Crippen LogP contribution in [-0.2, 0) is 16.6 Å². The molecule has 5 aromatic rings. The van der Waals surface area contributed by atoms with E-state index in [0.717, 1.165) is 67.5 Å². The van der Waals surface area contributed by atoms with Gasteiger partial charge >= 0.3 is 0 Å². The Hall–Kier alpha value is -4.29. The molecule has 1 N–H and O–H groups in total. The normalized spacial score (nSPS) is 14.8. The second kappa shape index (κ2) is 14.4. The third-order valence-electron chi connectivity index (χ3n) is 8.82. The van der Waals surface area contributed by atoms with Gasteiger partial charge in [0.1, 0.15) is 5.52 Å². The Balaban J connectivity index is 1.05. The van der Waals surface area contributed by atoms with Crippen molar-refractivity contribution in [3.05, 3.63) is 107 Å². The number of halogens is 1. The highest BCUT2D eigenvalue weighted by molar-refractivity contribution is 7.90. The lowest BCUT2D eigenvalue weighted by molar-refractivity contribution is 0.0981. The molecule has 1 aliphatic rings. The molecule has 12 heteroatoms. The maximum absolute atomic E-state index is 13.2. The Kier molecular flexibility index (Phi) is 10.1. The van der Waals surface area contributed by atoms with Gasteiger partial charge in [-0.3, -0.25) is 9.69 Å². The summed E-state index contributed by atoms with van der Waals surface area (Å²) in [5.41, 5.74) is 6.09. The van der Waals surface area contributed by atoms with Crippen molar-refractivity contribution in [2.24, 2.45) is 0 Å². The quantitative estimate of drug-likeness (QED) is 0.189. The molecule has 0 radical (unpaired) electrons. The van der Waals surface area contributed by atoms with Crippen molar-refractivity contribution in [2.75, 3.05) is 51.7 Å². The van der Waals surface area contributed by atoms with Crippen molar-refractivity contribution >= 4 is 44.3 Å². The van der Waals surface area contributed by atoms with Gasteiger partial charge in [-0.15, -0.1) is 5.10 Å². The lowest BCUT2D eigenvalue weighted by Crippen LogP contribution is -2.46. The van der Waals surface area contributed by atoms with Gasteiger partial charge < -0.3 is 9.80 Å². The number of nitrogens with zero attached hydrogens (tertiary/aromatic N) is 6. The van der Waals surface area contributed by atoms with Gasteiger partial charge in [-0.25, -0.2) is 17.8 Å². The molecule has 0 unspecified atom stereocenters. The van der Waals surface area contributed by atoms with Crippen LogP contribution in [0, 0.1) is 0 Å². The summed E-state index contributed by atoms with van der Waals surface area (Å²) in [5.74, 6) is -0.688. The standard InChI is InChI=1S/C36H40ClN7O3S/c1-26(18-19-41(2)3)44-35-17-16-32(24-34(35)38-40-44)48(46,47)39-36(45)28-10-14-31(15-11-28)43-22-20-42(21-23-43)25-29-6-4-5-7-33(29)27-8-12-30(37)13-9-27/h4-17,24,26H,18-23,25H2,1-3H3,(H,39,45)/t26-/m0/s1. The van der Waals surface area contributed by atoms with Crippen molar-refractivity contribution in [3.8, 4) is 11.1 Å². The van der Waals surface area contributed by atoms with E-state index in [2.05, 4.69) is 73.1 Å². The van der Waals surface area contributed by atoms with Crippen molar-refractivity contribution in [2.45, 2.75) is 30.8 Å². The van der Waals surface area contributed by atoms with Gasteiger partial charge in [0.2, 0.25) is 0 Å². The van der Waals surface area contributed by atoms with Crippen LogP contribution >= 0.6 is 11.6 Å². The molecule has 1 aliphatic heterocycles. The van der Waals surface area contributed by atoms with Crippen LogP contribution in [0.25, 0.3) is 22.2 Å². The minimum atomic E-state index is -4.12. The molecule has 1 amide bonds. The molecule has 250 valence electrons. The predicted octanol–water partition coefficient (Wildman–Crippen LogP) is 5.71. The average Bonchev–Trinajstić information content (AvgIpc) is 3.52. The monoisotopic (exact) mass is 685 g/mol. The van der Waals surface area contributed by atoms with E-state index in [0.29, 0.717) is 5.52 Å². The highest BCUT2D eigenvalue weighted by Crippen LogP contribution is 2.27. The first kappa shape index (κ1) is 33.6. The van der Waals surface area contributed by atoms with Gasteiger partial charge in [0, 0.05) is 49.0 Å². The number of hydrogen-bond acceptors (Lipinski definition) is 8. The molecule has 1 aromatic heterocycles. The molecule has 2 heterocycles. The molecule has 10 nitrogen and oxygen atoms in total. The Morgan fingerprint density at radius 2 is 1.65 bits per heavy atom. The molecule has 1 atom stereocenters. The summed E-state index contributed by atoms with van der Waals surface area (Å²) in [6.45, 7) is 7.25. The first-order valence-electron chi connectivity index (χ1n) is 16.1. The maximum Gasteiger partial charge on any atom is 0.264 e. The number of hydrogen-bond donors (Lipinski definition) is 1. The average molecular weight is 686 g/mol. The number of sulfonamides is 1. The molecule has 4 aromatic carbocycles. The van der Waals surface area contributed by atoms with Crippen molar-refractivity contribution in [1.29, 1.82) is 0 Å². The van der Waals surface area contributed by atoms with Gasteiger partial charge in [-0.1, -0.05) is 53.2 Å². The zero-order chi connectivity index (χ0) is 33.8. The molecule has 0 aliphatic carbocycles. The third kappa shape index (κ3) is 7.71. The summed E-state index contributed by atoms with van der Waals surface area (Å²) in [7, 11) is -0.0939. The Labute approximate surface area is 287 Å². The van der Waals surface area contributed by atoms with E-state index in [-0.39, 0.29) is 16.5 Å². The predicted molar refractivity (Wildman–Crippen MR) is 191 cm³/mol. The van der Waals surface area contributed by atoms with Crippen LogP contribution in [0.2, 0.25) is 5.02 Å². The van der Waals surface area contributed by atoms with E-state index < -0.39 is 15.9 Å². The van der Waals surface area contributed by atoms with E-state index in [4.69, 9.17) is 11.6 Å². The number of rotatable bonds is 11. The summed E-state index contributed by atoms with van der Waals surface area (Å²) in [6.07, 6.45) is 0.872. The summed E-state index contributed by atoms with van der Waals surface area (Å²) in [4.78, 5) is 19.8. The van der Waals surface area contributed by atoms with Crippen LogP contribution in [0.3, 0.4) is 0 Å². The number of benzene rings is 4. The third-order valence-corrected chi connectivity index (χ3v) is 10.4. The van der Waals surface area contributed by atoms with Crippen molar-refractivity contribution < 1.29 is 13.2 Å². The molecule has 48 heavy (non-hydrogen) atoms. The fourth-order valence-electron chi connectivity index (χ4n) is 6.02. The van der Waals surface area contributed by atoms with Crippen LogP contribution in [0.1, 0.15) is 35.3 Å². The molecule has 1 saturated heterocycles. The van der Waals surface area contributed by atoms with Crippen LogP contribution in [0.5, 0.6) is 0 Å². The van der Waals surface area contributed by atoms with Crippen LogP contribution in [-0.4, -0.2) is 85.9 Å². The summed E-state index contributed by atoms with van der Waals surface area (Å²) >= 11 is 6.11. The number of carbonyl (C=O) groups is 1. The summed E-state index contributed by atoms with van der Waals surface area (Å²) in [5, 5.41) is 9.16. The fraction of sp³-hybridized carbons (Fsp3) is 0.306. The van der Waals surface area contributed by atoms with E-state index in [1.54, 1.807) is 22.9 Å². The lowest BCUT2D eigenvalue weighted by atomic mass is 9.99. The minimum Gasteiger partial charge on any atom is -0.369 e. The Morgan fingerprint density at radius 3 is 2.35 bits per heavy atom. The smallest absolute Gasteiger partial charge is 0.264 e. The number of aromatic nitrogens is 3. The second-order valence-electron chi connectivity index (χ2n) is 12.5. The number of nitrogens with one attached hydrogen (secondary N) is 1. The molecule has 0 saturated carbocycles. The van der Waals surface area contributed by atoms with Gasteiger partial charge in [0.05, 0.1) is 16.5 Å². The molecule has 0 spiro atoms. The van der Waals surface area contributed by atoms with Crippen molar-refractivity contribution in [1.82, 2.24) is 29.5 Å². The maximum atomic E-state index is 13.2. The number of piperazine rings is 1. The Morgan fingerprint density at radius 1 is 0.938 bits per heavy atom. The number of carbonyl (C=O) groups excluding carboxylic acids is 1. The molecular weight excluding hydrogens is 646 g/mol. The van der Waals surface area contributed by atoms with Crippen LogP contribution in [0.4, 0.5) is 5.69 Å². The van der Waals surface area contributed by atoms with Crippen LogP contribution < -0.4 is 9.62 Å². The SMILES string of the molecule is C[C@@H](CCN(C)C)n1nnc2cc(S(=O)(=O)NC(=O)c3ccc(N4CCN(Cc5ccccc5-c5ccc(Cl)cc5)CC4)cc3)ccc21. The number of fused-ring (bicyclic) bond motifs is 1. The second-order valence-corrected chi connectivity index (χ2v) is 14.7. The zero-order valence-corrected chi connectivity index (χ0v) is 29.0. The van der Waals surface area contributed by atoms with Gasteiger partial charge in [-0.2, -0.15) is 0 Å². The largest absolute Gasteiger partial charge is 0.369 e. The number of amides is 1. The van der Waals surface area contributed by atoms with E-state index in [1.165, 1.54) is 23.3 Å². The van der Waals surface area contributed by atoms with Gasteiger partial charge in [0.15, 0.2) is 0 Å². The molecule has 0 bridgehead atoms. The van der Waals surface area contributed by atoms with Gasteiger partial charge in [0.25, 0.3) is 15.9 Å². The summed E-state index contributed by atoms with van der Waals surface area (Å²) < 4.78 is 30.3. The highest BCUT2D eigenvalue weighted by atomic mass is 35.5. The minimum absolute atomic E-state index is 0.0402.